The number of fused-ring (bicyclic) bond motifs is 4. The Morgan fingerprint density at radius 2 is 1.53 bits per heavy atom. The van der Waals surface area contributed by atoms with E-state index in [4.69, 9.17) is 16.6 Å². The van der Waals surface area contributed by atoms with Crippen LogP contribution in [0.3, 0.4) is 0 Å². The quantitative estimate of drug-likeness (QED) is 0.105. The first-order valence-electron chi connectivity index (χ1n) is 26.4. The average Bonchev–Trinajstić information content (AvgIpc) is 4.17. The van der Waals surface area contributed by atoms with E-state index < -0.39 is 71.4 Å². The minimum Gasteiger partial charge on any atom is -0.391 e. The van der Waals surface area contributed by atoms with Gasteiger partial charge in [-0.15, -0.1) is 21.5 Å². The Balaban J connectivity index is 1.03. The molecule has 5 aromatic rings. The summed E-state index contributed by atoms with van der Waals surface area (Å²) in [6, 6.07) is 19.6. The molecule has 3 aliphatic heterocycles. The predicted molar refractivity (Wildman–Crippen MR) is 297 cm³/mol. The van der Waals surface area contributed by atoms with Crippen molar-refractivity contribution in [2.75, 3.05) is 26.2 Å². The van der Waals surface area contributed by atoms with Crippen LogP contribution >= 0.6 is 22.9 Å². The third kappa shape index (κ3) is 13.7. The monoisotopic (exact) mass is 1090 g/mol. The molecule has 2 aromatic heterocycles. The third-order valence-electron chi connectivity index (χ3n) is 14.5. The number of carbonyl (C=O) groups excluding carboxylic acids is 6. The van der Waals surface area contributed by atoms with Crippen molar-refractivity contribution < 1.29 is 33.9 Å². The highest BCUT2D eigenvalue weighted by Gasteiger charge is 2.42. The van der Waals surface area contributed by atoms with Crippen LogP contribution in [0.1, 0.15) is 111 Å². The Labute approximate surface area is 458 Å². The molecule has 7 N–H and O–H groups in total. The highest BCUT2D eigenvalue weighted by Crippen LogP contribution is 2.40. The van der Waals surface area contributed by atoms with E-state index in [9.17, 15) is 33.9 Å². The van der Waals surface area contributed by atoms with Crippen molar-refractivity contribution >= 4 is 64.1 Å². The zero-order valence-electron chi connectivity index (χ0n) is 44.7. The molecular formula is C57H70ClN11O7S. The number of hydrogen-bond acceptors (Lipinski definition) is 12. The summed E-state index contributed by atoms with van der Waals surface area (Å²) >= 11 is 7.90. The van der Waals surface area contributed by atoms with Crippen LogP contribution in [0, 0.1) is 26.2 Å². The van der Waals surface area contributed by atoms with Crippen LogP contribution in [0.4, 0.5) is 0 Å². The van der Waals surface area contributed by atoms with Gasteiger partial charge in [0.2, 0.25) is 35.4 Å². The number of benzene rings is 3. The minimum atomic E-state index is -1.26. The Bertz CT molecular complexity index is 2990. The predicted octanol–water partition coefficient (Wildman–Crippen LogP) is 5.35. The number of aliphatic hydroxyl groups is 1. The van der Waals surface area contributed by atoms with E-state index in [1.165, 1.54) is 6.92 Å². The molecular weight excluding hydrogens is 1020 g/mol. The number of amides is 6. The first-order valence-corrected chi connectivity index (χ1v) is 27.6. The van der Waals surface area contributed by atoms with Crippen LogP contribution in [0.15, 0.2) is 83.9 Å². The molecule has 2 saturated heterocycles. The van der Waals surface area contributed by atoms with Crippen LogP contribution in [-0.4, -0.2) is 128 Å². The maximum absolute atomic E-state index is 14.4. The Kier molecular flexibility index (Phi) is 18.1. The van der Waals surface area contributed by atoms with Gasteiger partial charge < -0.3 is 41.9 Å². The summed E-state index contributed by atoms with van der Waals surface area (Å²) in [5.41, 5.74) is 5.61. The van der Waals surface area contributed by atoms with Gasteiger partial charge in [-0.05, 0) is 93.2 Å². The van der Waals surface area contributed by atoms with E-state index in [1.807, 2.05) is 113 Å². The van der Waals surface area contributed by atoms with E-state index in [2.05, 4.69) is 42.1 Å². The highest BCUT2D eigenvalue weighted by molar-refractivity contribution is 7.15. The van der Waals surface area contributed by atoms with Crippen LogP contribution in [0.5, 0.6) is 0 Å². The van der Waals surface area contributed by atoms with Gasteiger partial charge in [0.1, 0.15) is 35.0 Å². The topological polar surface area (TPSA) is 241 Å². The molecule has 0 aliphatic carbocycles. The van der Waals surface area contributed by atoms with Gasteiger partial charge in [-0.1, -0.05) is 106 Å². The molecule has 6 amide bonds. The molecule has 3 aromatic carbocycles. The van der Waals surface area contributed by atoms with Crippen molar-refractivity contribution in [3.8, 4) is 16.1 Å². The number of hydrogen-bond donors (Lipinski definition) is 7. The minimum absolute atomic E-state index is 0.0635. The maximum Gasteiger partial charge on any atom is 0.246 e. The molecule has 20 heteroatoms. The molecule has 2 fully saturated rings. The van der Waals surface area contributed by atoms with Gasteiger partial charge >= 0.3 is 0 Å². The molecule has 0 bridgehead atoms. The summed E-state index contributed by atoms with van der Waals surface area (Å²) in [5.74, 6) is -1.73. The van der Waals surface area contributed by atoms with Crippen molar-refractivity contribution in [3.63, 3.8) is 0 Å². The second-order valence-corrected chi connectivity index (χ2v) is 23.1. The van der Waals surface area contributed by atoms with Gasteiger partial charge in [0.25, 0.3) is 0 Å². The molecule has 18 nitrogen and oxygen atoms in total. The fourth-order valence-corrected chi connectivity index (χ4v) is 11.4. The number of aromatic nitrogens is 3. The lowest BCUT2D eigenvalue weighted by Crippen LogP contribution is -2.59. The Hall–Kier alpha value is -6.80. The van der Waals surface area contributed by atoms with E-state index in [1.54, 1.807) is 28.4 Å². The van der Waals surface area contributed by atoms with Crippen molar-refractivity contribution in [1.29, 1.82) is 0 Å². The highest BCUT2D eigenvalue weighted by atomic mass is 35.5. The van der Waals surface area contributed by atoms with Crippen LogP contribution in [0.2, 0.25) is 5.02 Å². The Morgan fingerprint density at radius 1 is 0.831 bits per heavy atom. The van der Waals surface area contributed by atoms with Crippen molar-refractivity contribution in [1.82, 2.24) is 51.6 Å². The number of thiophene rings is 1. The summed E-state index contributed by atoms with van der Waals surface area (Å²) in [6.45, 7) is 13.2. The summed E-state index contributed by atoms with van der Waals surface area (Å²) in [6.07, 6.45) is 1.15. The third-order valence-corrected chi connectivity index (χ3v) is 16.0. The lowest BCUT2D eigenvalue weighted by atomic mass is 9.85. The van der Waals surface area contributed by atoms with Gasteiger partial charge in [-0.2, -0.15) is 0 Å². The first kappa shape index (κ1) is 56.4. The number of carbonyl (C=O) groups is 6. The van der Waals surface area contributed by atoms with E-state index >= 15 is 0 Å². The molecule has 77 heavy (non-hydrogen) atoms. The van der Waals surface area contributed by atoms with Crippen molar-refractivity contribution in [2.24, 2.45) is 10.4 Å². The molecule has 3 aliphatic rings. The van der Waals surface area contributed by atoms with E-state index in [-0.39, 0.29) is 63.7 Å². The van der Waals surface area contributed by atoms with Crippen molar-refractivity contribution in [2.45, 2.75) is 136 Å². The van der Waals surface area contributed by atoms with Crippen LogP contribution < -0.4 is 31.9 Å². The summed E-state index contributed by atoms with van der Waals surface area (Å²) in [4.78, 5) is 92.4. The normalized spacial score (nSPS) is 23.3. The average molecular weight is 1090 g/mol. The number of nitrogens with zero attached hydrogens (tertiary/aromatic N) is 5. The standard InChI is InChI=1S/C57H70ClN11O7S/c1-32-34(3)77-56-48(32)49(39-21-23-40(58)24-22-39)63-43(51-67-66-35(4)69(51)56)28-47(72)61-30-45-53(74)59-25-13-9-12-16-46(71)65-50(57(5,6)7)55(76)68-31-42(70)27-41(68)29-60-44(54(75)62-33(2)52(73)64-45)26-36-17-19-38(20-18-36)37-14-10-8-11-15-37/h8,10-11,14-15,17-24,33,41-45,50,60,70H,9,12-13,16,25-31H2,1-7H3,(H,59,74)(H,61,72)(H,62,75)(H,64,73)(H,65,71)/t33-,41+,42-,43+,44-,45-,50-/m1/s1. The number of halogens is 1. The van der Waals surface area contributed by atoms with Crippen LogP contribution in [0.25, 0.3) is 16.1 Å². The lowest BCUT2D eigenvalue weighted by molar-refractivity contribution is -0.140. The number of aliphatic hydroxyl groups excluding tert-OH is 1. The molecule has 0 radical (unpaired) electrons. The largest absolute Gasteiger partial charge is 0.391 e. The molecule has 5 heterocycles. The maximum atomic E-state index is 14.4. The summed E-state index contributed by atoms with van der Waals surface area (Å²) in [7, 11) is 0. The molecule has 0 unspecified atom stereocenters. The van der Waals surface area contributed by atoms with Gasteiger partial charge in [-0.3, -0.25) is 38.3 Å². The summed E-state index contributed by atoms with van der Waals surface area (Å²) in [5, 5.41) is 39.0. The van der Waals surface area contributed by atoms with Gasteiger partial charge in [0.15, 0.2) is 5.82 Å². The second kappa shape index (κ2) is 24.7. The molecule has 0 saturated carbocycles. The zero-order chi connectivity index (χ0) is 55.1. The molecule has 408 valence electrons. The lowest BCUT2D eigenvalue weighted by Gasteiger charge is -2.36. The number of rotatable bonds is 8. The Morgan fingerprint density at radius 3 is 2.25 bits per heavy atom. The molecule has 7 atom stereocenters. The first-order chi connectivity index (χ1) is 36.7. The van der Waals surface area contributed by atoms with Gasteiger partial charge in [0, 0.05) is 59.7 Å². The summed E-state index contributed by atoms with van der Waals surface area (Å²) < 4.78 is 1.94. The second-order valence-electron chi connectivity index (χ2n) is 21.4. The van der Waals surface area contributed by atoms with E-state index in [0.717, 1.165) is 43.3 Å². The smallest absolute Gasteiger partial charge is 0.246 e. The number of nitrogens with one attached hydrogen (secondary N) is 6. The van der Waals surface area contributed by atoms with Gasteiger partial charge in [0.05, 0.1) is 24.3 Å². The zero-order valence-corrected chi connectivity index (χ0v) is 46.3. The fraction of sp³-hybridized carbons (Fsp3) is 0.456. The SMILES string of the molecule is Cc1sc2c(c1C)C(c1ccc(Cl)cc1)=N[C@@H](CC(=O)NC[C@H]1NC(=O)[C@@H](C)NC(=O)[C@@H](Cc3ccc(-c4ccccc4)cc3)NC[C@@H]3C[C@@H](O)CN3C(=O)[C@H](C(C)(C)C)NC(=O)CCCCCNC1=O)c1nnc(C)n1-2. The number of aryl methyl sites for hydroxylation is 2. The van der Waals surface area contributed by atoms with E-state index in [0.29, 0.717) is 41.6 Å². The van der Waals surface area contributed by atoms with Gasteiger partial charge in [-0.25, -0.2) is 0 Å². The van der Waals surface area contributed by atoms with Crippen LogP contribution in [-0.2, 0) is 35.2 Å². The van der Waals surface area contributed by atoms with Crippen molar-refractivity contribution in [3.05, 3.63) is 123 Å². The molecule has 8 rings (SSSR count). The molecule has 0 spiro atoms. The number of aliphatic imine (C=N–C) groups is 1. The fourth-order valence-electron chi connectivity index (χ4n) is 10.0.